The highest BCUT2D eigenvalue weighted by Gasteiger charge is 2.30. The van der Waals surface area contributed by atoms with Gasteiger partial charge in [0, 0.05) is 38.0 Å². The molecule has 0 aromatic heterocycles. The molecule has 0 spiro atoms. The summed E-state index contributed by atoms with van der Waals surface area (Å²) in [6.07, 6.45) is 4.11. The minimum absolute atomic E-state index is 0.0670. The van der Waals surface area contributed by atoms with Crippen molar-refractivity contribution in [2.45, 2.75) is 64.5 Å². The molecular weight excluding hydrogens is 344 g/mol. The van der Waals surface area contributed by atoms with Crippen LogP contribution in [0.3, 0.4) is 0 Å². The predicted octanol–water partition coefficient (Wildman–Crippen LogP) is 3.18. The van der Waals surface area contributed by atoms with E-state index in [-0.39, 0.29) is 30.4 Å². The number of carbonyl (C=O) groups is 3. The first-order chi connectivity index (χ1) is 12.9. The Bertz CT molecular complexity index is 746. The summed E-state index contributed by atoms with van der Waals surface area (Å²) in [4.78, 5) is 40.7. The summed E-state index contributed by atoms with van der Waals surface area (Å²) in [7, 11) is 1.68. The summed E-state index contributed by atoms with van der Waals surface area (Å²) in [6.45, 7) is 4.61. The Balaban J connectivity index is 1.65. The number of piperidine rings is 1. The molecule has 27 heavy (non-hydrogen) atoms. The highest BCUT2D eigenvalue weighted by Crippen LogP contribution is 2.34. The summed E-state index contributed by atoms with van der Waals surface area (Å²) in [5.74, 6) is 0.433. The molecular formula is C21H28N2O4. The molecule has 2 heterocycles. The van der Waals surface area contributed by atoms with Gasteiger partial charge in [-0.25, -0.2) is 0 Å². The van der Waals surface area contributed by atoms with Gasteiger partial charge in [0.05, 0.1) is 5.69 Å². The lowest BCUT2D eigenvalue weighted by Gasteiger charge is -2.35. The van der Waals surface area contributed by atoms with E-state index in [0.29, 0.717) is 23.0 Å². The van der Waals surface area contributed by atoms with E-state index in [9.17, 15) is 14.4 Å². The molecule has 2 unspecified atom stereocenters. The van der Waals surface area contributed by atoms with Crippen LogP contribution in [-0.2, 0) is 9.59 Å². The Hall–Kier alpha value is -2.37. The topological polar surface area (TPSA) is 66.9 Å². The van der Waals surface area contributed by atoms with Gasteiger partial charge in [0.15, 0.2) is 11.9 Å². The first-order valence-electron chi connectivity index (χ1n) is 9.83. The number of benzene rings is 1. The number of ketones is 1. The number of amides is 2. The third kappa shape index (κ3) is 3.99. The average Bonchev–Trinajstić information content (AvgIpc) is 2.69. The van der Waals surface area contributed by atoms with Crippen LogP contribution in [0.5, 0.6) is 5.75 Å². The fourth-order valence-corrected chi connectivity index (χ4v) is 3.95. The van der Waals surface area contributed by atoms with Gasteiger partial charge in [-0.2, -0.15) is 0 Å². The van der Waals surface area contributed by atoms with Crippen molar-refractivity contribution in [3.63, 3.8) is 0 Å². The number of nitrogens with zero attached hydrogens (tertiary/aromatic N) is 2. The smallest absolute Gasteiger partial charge is 0.267 e. The summed E-state index contributed by atoms with van der Waals surface area (Å²) in [5, 5.41) is 0. The molecule has 2 atom stereocenters. The van der Waals surface area contributed by atoms with Crippen LogP contribution >= 0.6 is 0 Å². The van der Waals surface area contributed by atoms with Crippen LogP contribution in [0.15, 0.2) is 18.2 Å². The van der Waals surface area contributed by atoms with Crippen molar-refractivity contribution in [1.82, 2.24) is 4.90 Å². The van der Waals surface area contributed by atoms with Gasteiger partial charge < -0.3 is 14.5 Å². The van der Waals surface area contributed by atoms with Crippen molar-refractivity contribution in [3.8, 4) is 5.75 Å². The van der Waals surface area contributed by atoms with E-state index in [0.717, 1.165) is 25.8 Å². The van der Waals surface area contributed by atoms with E-state index in [1.54, 1.807) is 32.2 Å². The minimum Gasteiger partial charge on any atom is -0.479 e. The molecule has 0 N–H and O–H groups in total. The van der Waals surface area contributed by atoms with Gasteiger partial charge in [-0.15, -0.1) is 0 Å². The molecule has 146 valence electrons. The number of rotatable bonds is 5. The normalized spacial score (nSPS) is 22.3. The second-order valence-corrected chi connectivity index (χ2v) is 7.41. The number of anilines is 1. The molecule has 0 aliphatic carbocycles. The summed E-state index contributed by atoms with van der Waals surface area (Å²) < 4.78 is 5.59. The molecule has 2 amide bonds. The molecule has 0 saturated carbocycles. The van der Waals surface area contributed by atoms with E-state index in [4.69, 9.17) is 4.74 Å². The number of fused-ring (bicyclic) bond motifs is 1. The molecule has 3 rings (SSSR count). The van der Waals surface area contributed by atoms with E-state index >= 15 is 0 Å². The first-order valence-corrected chi connectivity index (χ1v) is 9.83. The molecule has 1 aromatic rings. The molecule has 1 saturated heterocycles. The Morgan fingerprint density at radius 3 is 2.74 bits per heavy atom. The number of Topliss-reactive ketones (excluding diaryl/α,β-unsaturated/α-hetero) is 1. The summed E-state index contributed by atoms with van der Waals surface area (Å²) >= 11 is 0. The Morgan fingerprint density at radius 1 is 1.22 bits per heavy atom. The van der Waals surface area contributed by atoms with Crippen LogP contribution in [-0.4, -0.2) is 48.2 Å². The van der Waals surface area contributed by atoms with Gasteiger partial charge in [-0.3, -0.25) is 14.4 Å². The first kappa shape index (κ1) is 19.4. The zero-order chi connectivity index (χ0) is 19.6. The summed E-state index contributed by atoms with van der Waals surface area (Å²) in [5.41, 5.74) is 1.10. The Morgan fingerprint density at radius 2 is 2.00 bits per heavy atom. The van der Waals surface area contributed by atoms with Gasteiger partial charge in [0.25, 0.3) is 5.91 Å². The second-order valence-electron chi connectivity index (χ2n) is 7.41. The minimum atomic E-state index is -0.530. The van der Waals surface area contributed by atoms with Gasteiger partial charge in [-0.05, 0) is 50.8 Å². The fraction of sp³-hybridized carbons (Fsp3) is 0.571. The maximum Gasteiger partial charge on any atom is 0.267 e. The number of hydrogen-bond donors (Lipinski definition) is 0. The van der Waals surface area contributed by atoms with Crippen molar-refractivity contribution in [2.24, 2.45) is 0 Å². The van der Waals surface area contributed by atoms with E-state index in [2.05, 4.69) is 6.92 Å². The monoisotopic (exact) mass is 372 g/mol. The van der Waals surface area contributed by atoms with Crippen molar-refractivity contribution >= 4 is 23.3 Å². The zero-order valence-electron chi connectivity index (χ0n) is 16.4. The van der Waals surface area contributed by atoms with Gasteiger partial charge in [0.1, 0.15) is 5.75 Å². The van der Waals surface area contributed by atoms with Crippen LogP contribution in [0, 0.1) is 0 Å². The van der Waals surface area contributed by atoms with Gasteiger partial charge in [-0.1, -0.05) is 6.92 Å². The lowest BCUT2D eigenvalue weighted by atomic mass is 9.98. The second kappa shape index (κ2) is 8.11. The van der Waals surface area contributed by atoms with Crippen LogP contribution in [0.25, 0.3) is 0 Å². The summed E-state index contributed by atoms with van der Waals surface area (Å²) in [6, 6.07) is 5.42. The molecule has 2 aliphatic heterocycles. The number of carbonyl (C=O) groups excluding carboxylic acids is 3. The average molecular weight is 372 g/mol. The largest absolute Gasteiger partial charge is 0.479 e. The highest BCUT2D eigenvalue weighted by molar-refractivity contribution is 6.03. The van der Waals surface area contributed by atoms with Gasteiger partial charge in [0.2, 0.25) is 5.91 Å². The van der Waals surface area contributed by atoms with Crippen LogP contribution in [0.1, 0.15) is 62.7 Å². The third-order valence-electron chi connectivity index (χ3n) is 5.61. The van der Waals surface area contributed by atoms with E-state index in [1.807, 2.05) is 4.90 Å². The molecule has 6 heteroatoms. The maximum atomic E-state index is 12.6. The van der Waals surface area contributed by atoms with Crippen LogP contribution < -0.4 is 9.64 Å². The molecule has 0 bridgehead atoms. The Labute approximate surface area is 160 Å². The van der Waals surface area contributed by atoms with Crippen molar-refractivity contribution in [1.29, 1.82) is 0 Å². The molecule has 1 aromatic carbocycles. The van der Waals surface area contributed by atoms with Crippen molar-refractivity contribution in [3.05, 3.63) is 23.8 Å². The van der Waals surface area contributed by atoms with Crippen molar-refractivity contribution in [2.75, 3.05) is 18.5 Å². The molecule has 2 aliphatic rings. The maximum absolute atomic E-state index is 12.6. The third-order valence-corrected chi connectivity index (χ3v) is 5.61. The van der Waals surface area contributed by atoms with Crippen molar-refractivity contribution < 1.29 is 19.1 Å². The molecule has 6 nitrogen and oxygen atoms in total. The number of likely N-dealkylation sites (N-methyl/N-ethyl adjacent to an activating group) is 1. The molecule has 0 radical (unpaired) electrons. The number of likely N-dealkylation sites (tertiary alicyclic amines) is 1. The standard InChI is InChI=1S/C21H28N2O4/c1-4-16-7-5-6-12-23(16)20(25)11-9-18(24)15-8-10-19-17(13-15)22(3)21(26)14(2)27-19/h8,10,13-14,16H,4-7,9,11-12H2,1-3H3. The lowest BCUT2D eigenvalue weighted by Crippen LogP contribution is -2.43. The van der Waals surface area contributed by atoms with E-state index < -0.39 is 6.10 Å². The zero-order valence-corrected chi connectivity index (χ0v) is 16.4. The molecule has 1 fully saturated rings. The number of ether oxygens (including phenoxy) is 1. The van der Waals surface area contributed by atoms with Gasteiger partial charge >= 0.3 is 0 Å². The van der Waals surface area contributed by atoms with Crippen LogP contribution in [0.4, 0.5) is 5.69 Å². The number of hydrogen-bond acceptors (Lipinski definition) is 4. The lowest BCUT2D eigenvalue weighted by molar-refractivity contribution is -0.134. The van der Waals surface area contributed by atoms with Crippen LogP contribution in [0.2, 0.25) is 0 Å². The Kier molecular flexibility index (Phi) is 5.82. The fourth-order valence-electron chi connectivity index (χ4n) is 3.95. The highest BCUT2D eigenvalue weighted by atomic mass is 16.5. The van der Waals surface area contributed by atoms with E-state index in [1.165, 1.54) is 11.3 Å². The predicted molar refractivity (Wildman–Crippen MR) is 103 cm³/mol. The quantitative estimate of drug-likeness (QED) is 0.745. The SMILES string of the molecule is CCC1CCCCN1C(=O)CCC(=O)c1ccc2c(c1)N(C)C(=O)C(C)O2.